The molecule has 0 saturated carbocycles. The fraction of sp³-hybridized carbons (Fsp3) is 0.667. The van der Waals surface area contributed by atoms with Crippen LogP contribution in [0.5, 0.6) is 0 Å². The summed E-state index contributed by atoms with van der Waals surface area (Å²) in [6.45, 7) is 11.4. The molecule has 2 heteroatoms. The van der Waals surface area contributed by atoms with Gasteiger partial charge in [-0.1, -0.05) is 51.5 Å². The molecular weight excluding hydrogens is 244 g/mol. The third kappa shape index (κ3) is 4.92. The topological polar surface area (TPSA) is 15.3 Å². The molecule has 1 atom stereocenters. The molecule has 1 aromatic carbocycles. The number of hydrogen-bond acceptors (Lipinski definition) is 2. The largest absolute Gasteiger partial charge is 0.310 e. The van der Waals surface area contributed by atoms with Crippen molar-refractivity contribution < 1.29 is 0 Å². The van der Waals surface area contributed by atoms with Gasteiger partial charge in [-0.2, -0.15) is 0 Å². The van der Waals surface area contributed by atoms with Crippen LogP contribution >= 0.6 is 0 Å². The van der Waals surface area contributed by atoms with Crippen molar-refractivity contribution >= 4 is 0 Å². The van der Waals surface area contributed by atoms with E-state index in [4.69, 9.17) is 0 Å². The van der Waals surface area contributed by atoms with Gasteiger partial charge in [-0.05, 0) is 36.4 Å². The van der Waals surface area contributed by atoms with E-state index in [0.717, 1.165) is 19.0 Å². The Kier molecular flexibility index (Phi) is 6.06. The lowest BCUT2D eigenvalue weighted by atomic mass is 10.0. The Morgan fingerprint density at radius 3 is 2.85 bits per heavy atom. The fourth-order valence-corrected chi connectivity index (χ4v) is 3.12. The zero-order valence-corrected chi connectivity index (χ0v) is 13.4. The summed E-state index contributed by atoms with van der Waals surface area (Å²) < 4.78 is 0. The summed E-state index contributed by atoms with van der Waals surface area (Å²) in [5.74, 6) is 0.936. The Bertz CT molecular complexity index is 400. The van der Waals surface area contributed by atoms with E-state index in [2.05, 4.69) is 55.3 Å². The second-order valence-corrected chi connectivity index (χ2v) is 6.53. The van der Waals surface area contributed by atoms with Crippen molar-refractivity contribution in [3.8, 4) is 0 Å². The highest BCUT2D eigenvalue weighted by atomic mass is 15.1. The van der Waals surface area contributed by atoms with Crippen LogP contribution in [0.25, 0.3) is 0 Å². The van der Waals surface area contributed by atoms with E-state index < -0.39 is 0 Å². The number of benzene rings is 1. The Labute approximate surface area is 124 Å². The zero-order chi connectivity index (χ0) is 14.4. The lowest BCUT2D eigenvalue weighted by Crippen LogP contribution is -2.22. The molecule has 1 heterocycles. The summed E-state index contributed by atoms with van der Waals surface area (Å²) in [5, 5.41) is 3.49. The van der Waals surface area contributed by atoms with Gasteiger partial charge in [-0.15, -0.1) is 0 Å². The summed E-state index contributed by atoms with van der Waals surface area (Å²) in [5.41, 5.74) is 2.87. The van der Waals surface area contributed by atoms with Crippen molar-refractivity contribution in [2.24, 2.45) is 5.92 Å². The van der Waals surface area contributed by atoms with Crippen LogP contribution in [0.3, 0.4) is 0 Å². The predicted molar refractivity (Wildman–Crippen MR) is 86.7 cm³/mol. The molecule has 2 rings (SSSR count). The van der Waals surface area contributed by atoms with Gasteiger partial charge in [0.1, 0.15) is 0 Å². The molecule has 1 unspecified atom stereocenters. The van der Waals surface area contributed by atoms with E-state index in [-0.39, 0.29) is 0 Å². The van der Waals surface area contributed by atoms with E-state index >= 15 is 0 Å². The lowest BCUT2D eigenvalue weighted by Gasteiger charge is -2.17. The third-order valence-corrected chi connectivity index (χ3v) is 4.18. The first-order valence-corrected chi connectivity index (χ1v) is 8.21. The van der Waals surface area contributed by atoms with E-state index in [1.165, 1.54) is 43.5 Å². The maximum Gasteiger partial charge on any atom is 0.0233 e. The van der Waals surface area contributed by atoms with Crippen molar-refractivity contribution in [2.45, 2.75) is 59.2 Å². The molecule has 0 radical (unpaired) electrons. The Morgan fingerprint density at radius 2 is 2.10 bits per heavy atom. The average Bonchev–Trinajstić information content (AvgIpc) is 2.85. The summed E-state index contributed by atoms with van der Waals surface area (Å²) in [7, 11) is 0. The van der Waals surface area contributed by atoms with Crippen LogP contribution < -0.4 is 5.32 Å². The third-order valence-electron chi connectivity index (χ3n) is 4.18. The molecule has 2 nitrogen and oxygen atoms in total. The highest BCUT2D eigenvalue weighted by molar-refractivity contribution is 5.23. The SMILES string of the molecule is CCCC1CCN(Cc2cccc(CNC(C)C)c2)C1. The maximum absolute atomic E-state index is 3.49. The summed E-state index contributed by atoms with van der Waals surface area (Å²) in [6, 6.07) is 9.61. The van der Waals surface area contributed by atoms with Gasteiger partial charge in [0.15, 0.2) is 0 Å². The molecule has 1 saturated heterocycles. The molecule has 112 valence electrons. The molecule has 0 aromatic heterocycles. The molecule has 1 aliphatic rings. The standard InChI is InChI=1S/C18H30N2/c1-4-6-16-9-10-20(13-16)14-18-8-5-7-17(11-18)12-19-15(2)3/h5,7-8,11,15-16,19H,4,6,9-10,12-14H2,1-3H3. The zero-order valence-electron chi connectivity index (χ0n) is 13.4. The monoisotopic (exact) mass is 274 g/mol. The molecule has 1 aliphatic heterocycles. The number of rotatable bonds is 7. The Morgan fingerprint density at radius 1 is 1.30 bits per heavy atom. The summed E-state index contributed by atoms with van der Waals surface area (Å²) >= 11 is 0. The molecule has 0 amide bonds. The van der Waals surface area contributed by atoms with E-state index in [9.17, 15) is 0 Å². The molecule has 1 fully saturated rings. The van der Waals surface area contributed by atoms with Crippen LogP contribution in [-0.2, 0) is 13.1 Å². The van der Waals surface area contributed by atoms with Crippen LogP contribution in [0.1, 0.15) is 51.2 Å². The molecular formula is C18H30N2. The van der Waals surface area contributed by atoms with Gasteiger partial charge in [0.05, 0.1) is 0 Å². The van der Waals surface area contributed by atoms with E-state index in [0.29, 0.717) is 6.04 Å². The van der Waals surface area contributed by atoms with E-state index in [1.54, 1.807) is 0 Å². The van der Waals surface area contributed by atoms with Gasteiger partial charge in [0.25, 0.3) is 0 Å². The highest BCUT2D eigenvalue weighted by Gasteiger charge is 2.21. The predicted octanol–water partition coefficient (Wildman–Crippen LogP) is 3.81. The van der Waals surface area contributed by atoms with Crippen molar-refractivity contribution in [2.75, 3.05) is 13.1 Å². The first-order chi connectivity index (χ1) is 9.67. The fourth-order valence-electron chi connectivity index (χ4n) is 3.12. The molecule has 0 bridgehead atoms. The van der Waals surface area contributed by atoms with Crippen molar-refractivity contribution in [1.29, 1.82) is 0 Å². The van der Waals surface area contributed by atoms with Crippen LogP contribution in [0.2, 0.25) is 0 Å². The first-order valence-electron chi connectivity index (χ1n) is 8.21. The summed E-state index contributed by atoms with van der Waals surface area (Å²) in [4.78, 5) is 2.62. The smallest absolute Gasteiger partial charge is 0.0233 e. The molecule has 20 heavy (non-hydrogen) atoms. The van der Waals surface area contributed by atoms with Crippen molar-refractivity contribution in [3.63, 3.8) is 0 Å². The van der Waals surface area contributed by atoms with Gasteiger partial charge in [0.2, 0.25) is 0 Å². The number of nitrogens with zero attached hydrogens (tertiary/aromatic N) is 1. The maximum atomic E-state index is 3.49. The molecule has 0 aliphatic carbocycles. The van der Waals surface area contributed by atoms with Gasteiger partial charge in [-0.25, -0.2) is 0 Å². The van der Waals surface area contributed by atoms with Crippen LogP contribution in [0, 0.1) is 5.92 Å². The van der Waals surface area contributed by atoms with Gasteiger partial charge in [0, 0.05) is 25.7 Å². The Hall–Kier alpha value is -0.860. The van der Waals surface area contributed by atoms with Crippen molar-refractivity contribution in [3.05, 3.63) is 35.4 Å². The van der Waals surface area contributed by atoms with Crippen molar-refractivity contribution in [1.82, 2.24) is 10.2 Å². The van der Waals surface area contributed by atoms with Crippen LogP contribution in [-0.4, -0.2) is 24.0 Å². The minimum atomic E-state index is 0.548. The average molecular weight is 274 g/mol. The second kappa shape index (κ2) is 7.80. The van der Waals surface area contributed by atoms with Gasteiger partial charge in [-0.3, -0.25) is 4.90 Å². The van der Waals surface area contributed by atoms with E-state index in [1.807, 2.05) is 0 Å². The lowest BCUT2D eigenvalue weighted by molar-refractivity contribution is 0.313. The van der Waals surface area contributed by atoms with Gasteiger partial charge >= 0.3 is 0 Å². The molecule has 0 spiro atoms. The Balaban J connectivity index is 1.85. The number of nitrogens with one attached hydrogen (secondary N) is 1. The highest BCUT2D eigenvalue weighted by Crippen LogP contribution is 2.22. The summed E-state index contributed by atoms with van der Waals surface area (Å²) in [6.07, 6.45) is 4.12. The van der Waals surface area contributed by atoms with Crippen LogP contribution in [0.4, 0.5) is 0 Å². The first kappa shape index (κ1) is 15.5. The number of hydrogen-bond donors (Lipinski definition) is 1. The molecule has 1 aromatic rings. The minimum Gasteiger partial charge on any atom is -0.310 e. The van der Waals surface area contributed by atoms with Crippen LogP contribution in [0.15, 0.2) is 24.3 Å². The minimum absolute atomic E-state index is 0.548. The molecule has 1 N–H and O–H groups in total. The quantitative estimate of drug-likeness (QED) is 0.813. The number of likely N-dealkylation sites (tertiary alicyclic amines) is 1. The second-order valence-electron chi connectivity index (χ2n) is 6.53. The normalized spacial score (nSPS) is 19.9. The van der Waals surface area contributed by atoms with Gasteiger partial charge < -0.3 is 5.32 Å².